The Kier molecular flexibility index (Phi) is 5.81. The van der Waals surface area contributed by atoms with Crippen LogP contribution >= 0.6 is 15.9 Å². The number of hydrogen-bond acceptors (Lipinski definition) is 4. The van der Waals surface area contributed by atoms with E-state index in [1.54, 1.807) is 43.6 Å². The normalized spacial score (nSPS) is 10.7. The Bertz CT molecular complexity index is 922. The van der Waals surface area contributed by atoms with Crippen LogP contribution in [0.4, 0.5) is 0 Å². The van der Waals surface area contributed by atoms with E-state index in [9.17, 15) is 4.79 Å². The van der Waals surface area contributed by atoms with Crippen molar-refractivity contribution in [2.75, 3.05) is 7.11 Å². The van der Waals surface area contributed by atoms with Gasteiger partial charge in [0, 0.05) is 10.7 Å². The molecule has 0 fully saturated rings. The van der Waals surface area contributed by atoms with Crippen LogP contribution in [0.2, 0.25) is 0 Å². The van der Waals surface area contributed by atoms with E-state index in [1.165, 1.54) is 0 Å². The molecule has 0 N–H and O–H groups in total. The lowest BCUT2D eigenvalue weighted by molar-refractivity contribution is 0.0729. The van der Waals surface area contributed by atoms with Gasteiger partial charge in [0.05, 0.1) is 18.4 Å². The number of ether oxygens (including phenoxy) is 2. The van der Waals surface area contributed by atoms with Gasteiger partial charge in [0.2, 0.25) is 0 Å². The van der Waals surface area contributed by atoms with Crippen LogP contribution in [0.1, 0.15) is 21.6 Å². The fourth-order valence-corrected chi connectivity index (χ4v) is 2.54. The Labute approximate surface area is 160 Å². The number of aromatic nitrogens is 1. The Balaban J connectivity index is 1.77. The molecule has 0 atom stereocenters. The Morgan fingerprint density at radius 2 is 1.81 bits per heavy atom. The van der Waals surface area contributed by atoms with E-state index in [-0.39, 0.29) is 0 Å². The summed E-state index contributed by atoms with van der Waals surface area (Å²) in [6.07, 6.45) is 5.57. The van der Waals surface area contributed by atoms with Crippen LogP contribution in [0.5, 0.6) is 11.5 Å². The monoisotopic (exact) mass is 409 g/mol. The van der Waals surface area contributed by atoms with Crippen molar-refractivity contribution in [2.24, 2.45) is 0 Å². The lowest BCUT2D eigenvalue weighted by Crippen LogP contribution is -2.09. The minimum atomic E-state index is -0.437. The number of esters is 1. The third-order valence-electron chi connectivity index (χ3n) is 3.60. The molecule has 1 heterocycles. The Hall–Kier alpha value is -2.92. The Morgan fingerprint density at radius 1 is 1.00 bits per heavy atom. The molecule has 2 aromatic carbocycles. The first kappa shape index (κ1) is 17.9. The second-order valence-corrected chi connectivity index (χ2v) is 6.31. The summed E-state index contributed by atoms with van der Waals surface area (Å²) in [5, 5.41) is 0. The van der Waals surface area contributed by atoms with Gasteiger partial charge < -0.3 is 9.47 Å². The average Bonchev–Trinajstić information content (AvgIpc) is 2.68. The van der Waals surface area contributed by atoms with Gasteiger partial charge in [0.25, 0.3) is 0 Å². The van der Waals surface area contributed by atoms with Crippen LogP contribution in [0.3, 0.4) is 0 Å². The molecule has 4 nitrogen and oxygen atoms in total. The van der Waals surface area contributed by atoms with Crippen LogP contribution in [0.25, 0.3) is 12.2 Å². The summed E-state index contributed by atoms with van der Waals surface area (Å²) in [5.74, 6) is 0.418. The maximum Gasteiger partial charge on any atom is 0.343 e. The lowest BCUT2D eigenvalue weighted by atomic mass is 10.1. The minimum Gasteiger partial charge on any atom is -0.493 e. The quantitative estimate of drug-likeness (QED) is 0.426. The molecular formula is C21H16BrNO3. The number of nitrogens with zero attached hydrogens (tertiary/aromatic N) is 1. The number of carbonyl (C=O) groups excluding carboxylic acids is 1. The summed E-state index contributed by atoms with van der Waals surface area (Å²) < 4.78 is 11.7. The van der Waals surface area contributed by atoms with Gasteiger partial charge in [0.1, 0.15) is 0 Å². The topological polar surface area (TPSA) is 48.4 Å². The number of rotatable bonds is 5. The molecule has 26 heavy (non-hydrogen) atoms. The number of hydrogen-bond donors (Lipinski definition) is 0. The van der Waals surface area contributed by atoms with Gasteiger partial charge in [0.15, 0.2) is 11.5 Å². The summed E-state index contributed by atoms with van der Waals surface area (Å²) in [4.78, 5) is 16.5. The van der Waals surface area contributed by atoms with Gasteiger partial charge in [-0.15, -0.1) is 0 Å². The molecule has 0 unspecified atom stereocenters. The molecule has 0 aliphatic rings. The molecule has 0 aliphatic heterocycles. The molecule has 3 aromatic rings. The SMILES string of the molecule is COc1cc(/C=C/c2ccccn2)ccc1OC(=O)c1ccc(Br)cc1. The number of benzene rings is 2. The summed E-state index contributed by atoms with van der Waals surface area (Å²) in [5.41, 5.74) is 2.24. The molecule has 130 valence electrons. The molecule has 0 radical (unpaired) electrons. The average molecular weight is 410 g/mol. The molecule has 0 spiro atoms. The third kappa shape index (κ3) is 4.58. The highest BCUT2D eigenvalue weighted by Gasteiger charge is 2.12. The summed E-state index contributed by atoms with van der Waals surface area (Å²) in [7, 11) is 1.54. The van der Waals surface area contributed by atoms with Crippen molar-refractivity contribution in [2.45, 2.75) is 0 Å². The van der Waals surface area contributed by atoms with Crippen molar-refractivity contribution < 1.29 is 14.3 Å². The Morgan fingerprint density at radius 3 is 2.50 bits per heavy atom. The number of halogens is 1. The second-order valence-electron chi connectivity index (χ2n) is 5.39. The molecule has 3 rings (SSSR count). The zero-order valence-corrected chi connectivity index (χ0v) is 15.6. The van der Waals surface area contributed by atoms with Crippen molar-refractivity contribution in [3.8, 4) is 11.5 Å². The fraction of sp³-hybridized carbons (Fsp3) is 0.0476. The van der Waals surface area contributed by atoms with Crippen LogP contribution in [0.15, 0.2) is 71.3 Å². The van der Waals surface area contributed by atoms with Crippen molar-refractivity contribution in [3.05, 3.63) is 88.2 Å². The highest BCUT2D eigenvalue weighted by atomic mass is 79.9. The maximum absolute atomic E-state index is 12.3. The van der Waals surface area contributed by atoms with Crippen LogP contribution in [-0.2, 0) is 0 Å². The smallest absolute Gasteiger partial charge is 0.343 e. The van der Waals surface area contributed by atoms with Gasteiger partial charge in [-0.05, 0) is 60.2 Å². The zero-order chi connectivity index (χ0) is 18.4. The molecule has 0 saturated heterocycles. The standard InChI is InChI=1S/C21H16BrNO3/c1-25-20-14-15(5-11-18-4-2-3-13-23-18)6-12-19(20)26-21(24)16-7-9-17(22)10-8-16/h2-14H,1H3/b11-5+. The van der Waals surface area contributed by atoms with Crippen molar-refractivity contribution in [1.29, 1.82) is 0 Å². The minimum absolute atomic E-state index is 0.371. The molecular weight excluding hydrogens is 394 g/mol. The first-order valence-corrected chi connectivity index (χ1v) is 8.70. The van der Waals surface area contributed by atoms with Crippen molar-refractivity contribution in [3.63, 3.8) is 0 Å². The highest BCUT2D eigenvalue weighted by molar-refractivity contribution is 9.10. The van der Waals surface area contributed by atoms with E-state index >= 15 is 0 Å². The van der Waals surface area contributed by atoms with Gasteiger partial charge in [-0.1, -0.05) is 34.1 Å². The lowest BCUT2D eigenvalue weighted by Gasteiger charge is -2.10. The van der Waals surface area contributed by atoms with Crippen LogP contribution in [-0.4, -0.2) is 18.1 Å². The summed E-state index contributed by atoms with van der Waals surface area (Å²) >= 11 is 3.34. The van der Waals surface area contributed by atoms with E-state index in [2.05, 4.69) is 20.9 Å². The van der Waals surface area contributed by atoms with Crippen LogP contribution in [0, 0.1) is 0 Å². The predicted octanol–water partition coefficient (Wildman–Crippen LogP) is 5.24. The molecule has 0 bridgehead atoms. The van der Waals surface area contributed by atoms with Gasteiger partial charge in [-0.25, -0.2) is 4.79 Å². The number of carbonyl (C=O) groups is 1. The maximum atomic E-state index is 12.3. The van der Waals surface area contributed by atoms with E-state index in [0.717, 1.165) is 15.7 Å². The predicted molar refractivity (Wildman–Crippen MR) is 105 cm³/mol. The molecule has 5 heteroatoms. The highest BCUT2D eigenvalue weighted by Crippen LogP contribution is 2.29. The molecule has 0 amide bonds. The summed E-state index contributed by atoms with van der Waals surface area (Å²) in [6.45, 7) is 0. The second kappa shape index (κ2) is 8.45. The molecule has 1 aromatic heterocycles. The summed E-state index contributed by atoms with van der Waals surface area (Å²) in [6, 6.07) is 18.1. The van der Waals surface area contributed by atoms with Crippen molar-refractivity contribution in [1.82, 2.24) is 4.98 Å². The van der Waals surface area contributed by atoms with Gasteiger partial charge in [-0.3, -0.25) is 4.98 Å². The fourth-order valence-electron chi connectivity index (χ4n) is 2.27. The molecule has 0 saturated carbocycles. The van der Waals surface area contributed by atoms with Gasteiger partial charge in [-0.2, -0.15) is 0 Å². The van der Waals surface area contributed by atoms with E-state index in [4.69, 9.17) is 9.47 Å². The largest absolute Gasteiger partial charge is 0.493 e. The number of methoxy groups -OCH3 is 1. The van der Waals surface area contributed by atoms with E-state index in [0.29, 0.717) is 17.1 Å². The third-order valence-corrected chi connectivity index (χ3v) is 4.13. The van der Waals surface area contributed by atoms with E-state index < -0.39 is 5.97 Å². The number of pyridine rings is 1. The van der Waals surface area contributed by atoms with E-state index in [1.807, 2.05) is 42.5 Å². The van der Waals surface area contributed by atoms with Gasteiger partial charge >= 0.3 is 5.97 Å². The zero-order valence-electron chi connectivity index (χ0n) is 14.1. The molecule has 0 aliphatic carbocycles. The van der Waals surface area contributed by atoms with Crippen LogP contribution < -0.4 is 9.47 Å². The first-order valence-electron chi connectivity index (χ1n) is 7.90. The first-order chi connectivity index (χ1) is 12.7. The van der Waals surface area contributed by atoms with Crippen molar-refractivity contribution >= 4 is 34.1 Å².